The lowest BCUT2D eigenvalue weighted by Crippen LogP contribution is -2.09. The monoisotopic (exact) mass is 354 g/mol. The molecule has 0 saturated heterocycles. The molecule has 0 amide bonds. The Kier molecular flexibility index (Phi) is 3.20. The summed E-state index contributed by atoms with van der Waals surface area (Å²) in [4.78, 5) is 5.16. The van der Waals surface area contributed by atoms with Crippen LogP contribution in [0.1, 0.15) is 47.6 Å². The first kappa shape index (κ1) is 15.3. The number of H-pyrrole nitrogens is 1. The molecule has 27 heavy (non-hydrogen) atoms. The zero-order chi connectivity index (χ0) is 18.0. The van der Waals surface area contributed by atoms with E-state index in [4.69, 9.17) is 10.7 Å². The lowest BCUT2D eigenvalue weighted by Gasteiger charge is -2.22. The second-order valence-electron chi connectivity index (χ2n) is 7.97. The molecule has 0 bridgehead atoms. The number of rotatable bonds is 1. The molecule has 0 saturated carbocycles. The number of aromatic nitrogens is 3. The molecular weight excluding hydrogens is 332 g/mol. The standard InChI is InChI=1S/C23H22N4/c24-19-8-7-13-5-6-14(11-17(13)19)23-16-4-2-1-3-15(16)22-18-12-25-27-20(18)9-10-21(22)26-23/h5-6,9-12,19H,1-4,7-8,24H2,(H,25,27). The smallest absolute Gasteiger partial charge is 0.0744 e. The summed E-state index contributed by atoms with van der Waals surface area (Å²) in [5, 5.41) is 9.85. The summed E-state index contributed by atoms with van der Waals surface area (Å²) < 4.78 is 0. The van der Waals surface area contributed by atoms with Gasteiger partial charge in [-0.25, -0.2) is 4.98 Å². The average Bonchev–Trinajstić information content (AvgIpc) is 3.33. The largest absolute Gasteiger partial charge is 0.324 e. The number of hydrogen-bond acceptors (Lipinski definition) is 3. The van der Waals surface area contributed by atoms with Crippen LogP contribution in [0.4, 0.5) is 0 Å². The van der Waals surface area contributed by atoms with E-state index >= 15 is 0 Å². The molecule has 1 atom stereocenters. The molecule has 2 aromatic heterocycles. The molecule has 0 fully saturated rings. The highest BCUT2D eigenvalue weighted by Gasteiger charge is 2.23. The van der Waals surface area contributed by atoms with Gasteiger partial charge < -0.3 is 5.73 Å². The average molecular weight is 354 g/mol. The number of aryl methyl sites for hydroxylation is 2. The van der Waals surface area contributed by atoms with Crippen molar-refractivity contribution in [2.24, 2.45) is 5.73 Å². The van der Waals surface area contributed by atoms with E-state index in [2.05, 4.69) is 40.5 Å². The topological polar surface area (TPSA) is 67.6 Å². The molecule has 2 aliphatic rings. The van der Waals surface area contributed by atoms with Crippen LogP contribution in [0.5, 0.6) is 0 Å². The van der Waals surface area contributed by atoms with E-state index in [1.54, 1.807) is 0 Å². The van der Waals surface area contributed by atoms with Crippen LogP contribution in [0.15, 0.2) is 36.5 Å². The van der Waals surface area contributed by atoms with Crippen LogP contribution in [0.3, 0.4) is 0 Å². The fourth-order valence-electron chi connectivity index (χ4n) is 5.07. The first-order chi connectivity index (χ1) is 13.3. The number of aromatic amines is 1. The Morgan fingerprint density at radius 1 is 1.00 bits per heavy atom. The summed E-state index contributed by atoms with van der Waals surface area (Å²) in [5.74, 6) is 0. The van der Waals surface area contributed by atoms with E-state index in [-0.39, 0.29) is 6.04 Å². The van der Waals surface area contributed by atoms with Crippen molar-refractivity contribution in [3.05, 3.63) is 58.8 Å². The van der Waals surface area contributed by atoms with Crippen LogP contribution < -0.4 is 5.73 Å². The zero-order valence-electron chi connectivity index (χ0n) is 15.3. The first-order valence-corrected chi connectivity index (χ1v) is 9.96. The molecule has 3 N–H and O–H groups in total. The van der Waals surface area contributed by atoms with E-state index in [1.807, 2.05) is 6.20 Å². The van der Waals surface area contributed by atoms with Gasteiger partial charge in [-0.15, -0.1) is 0 Å². The van der Waals surface area contributed by atoms with Crippen molar-refractivity contribution in [3.8, 4) is 11.3 Å². The van der Waals surface area contributed by atoms with E-state index in [1.165, 1.54) is 51.4 Å². The highest BCUT2D eigenvalue weighted by molar-refractivity contribution is 6.07. The Bertz CT molecular complexity index is 1200. The zero-order valence-corrected chi connectivity index (χ0v) is 15.3. The summed E-state index contributed by atoms with van der Waals surface area (Å²) >= 11 is 0. The van der Waals surface area contributed by atoms with Crippen molar-refractivity contribution >= 4 is 21.8 Å². The number of fused-ring (bicyclic) bond motifs is 6. The molecule has 0 radical (unpaired) electrons. The van der Waals surface area contributed by atoms with Crippen LogP contribution >= 0.6 is 0 Å². The van der Waals surface area contributed by atoms with Crippen molar-refractivity contribution in [2.75, 3.05) is 0 Å². The summed E-state index contributed by atoms with van der Waals surface area (Å²) in [6.07, 6.45) is 8.80. The molecule has 4 heteroatoms. The minimum atomic E-state index is 0.168. The maximum Gasteiger partial charge on any atom is 0.0744 e. The molecule has 134 valence electrons. The van der Waals surface area contributed by atoms with Crippen molar-refractivity contribution in [1.82, 2.24) is 15.2 Å². The van der Waals surface area contributed by atoms with Gasteiger partial charge in [0.05, 0.1) is 22.9 Å². The second-order valence-corrected chi connectivity index (χ2v) is 7.97. The van der Waals surface area contributed by atoms with Crippen molar-refractivity contribution in [2.45, 2.75) is 44.6 Å². The Hall–Kier alpha value is -2.72. The number of nitrogens with zero attached hydrogens (tertiary/aromatic N) is 2. The van der Waals surface area contributed by atoms with Gasteiger partial charge >= 0.3 is 0 Å². The van der Waals surface area contributed by atoms with Crippen molar-refractivity contribution in [3.63, 3.8) is 0 Å². The fourth-order valence-corrected chi connectivity index (χ4v) is 5.07. The fraction of sp³-hybridized carbons (Fsp3) is 0.304. The molecule has 4 nitrogen and oxygen atoms in total. The Labute approximate surface area is 157 Å². The quantitative estimate of drug-likeness (QED) is 0.525. The van der Waals surface area contributed by atoms with Gasteiger partial charge in [0.2, 0.25) is 0 Å². The SMILES string of the molecule is NC1CCc2ccc(-c3nc4ccc5[nH]ncc5c4c4c3CCCC4)cc21. The number of hydrogen-bond donors (Lipinski definition) is 2. The molecule has 0 aliphatic heterocycles. The lowest BCUT2D eigenvalue weighted by atomic mass is 9.85. The number of benzene rings is 2. The minimum absolute atomic E-state index is 0.168. The summed E-state index contributed by atoms with van der Waals surface area (Å²) in [6.45, 7) is 0. The molecule has 1 unspecified atom stereocenters. The van der Waals surface area contributed by atoms with E-state index in [0.29, 0.717) is 0 Å². The third-order valence-corrected chi connectivity index (χ3v) is 6.43. The molecular formula is C23H22N4. The van der Waals surface area contributed by atoms with E-state index in [9.17, 15) is 0 Å². The highest BCUT2D eigenvalue weighted by atomic mass is 15.1. The van der Waals surface area contributed by atoms with E-state index < -0.39 is 0 Å². The summed E-state index contributed by atoms with van der Waals surface area (Å²) in [6, 6.07) is 11.2. The highest BCUT2D eigenvalue weighted by Crippen LogP contribution is 2.39. The number of pyridine rings is 1. The van der Waals surface area contributed by atoms with Crippen molar-refractivity contribution in [1.29, 1.82) is 0 Å². The van der Waals surface area contributed by atoms with Gasteiger partial charge in [-0.3, -0.25) is 5.10 Å². The molecule has 2 aromatic carbocycles. The van der Waals surface area contributed by atoms with Crippen LogP contribution in [-0.4, -0.2) is 15.2 Å². The molecule has 6 rings (SSSR count). The van der Waals surface area contributed by atoms with Crippen LogP contribution in [-0.2, 0) is 19.3 Å². The van der Waals surface area contributed by atoms with E-state index in [0.717, 1.165) is 42.4 Å². The summed E-state index contributed by atoms with van der Waals surface area (Å²) in [5.41, 5.74) is 16.5. The van der Waals surface area contributed by atoms with Crippen LogP contribution in [0.25, 0.3) is 33.1 Å². The molecule has 2 aliphatic carbocycles. The third kappa shape index (κ3) is 2.20. The normalized spacial score (nSPS) is 18.8. The molecule has 2 heterocycles. The number of nitrogens with one attached hydrogen (secondary N) is 1. The predicted octanol–water partition coefficient (Wildman–Crippen LogP) is 4.60. The Balaban J connectivity index is 1.66. The van der Waals surface area contributed by atoms with Crippen molar-refractivity contribution < 1.29 is 0 Å². The van der Waals surface area contributed by atoms with Gasteiger partial charge in [0.15, 0.2) is 0 Å². The van der Waals surface area contributed by atoms with Gasteiger partial charge in [-0.05, 0) is 79.0 Å². The van der Waals surface area contributed by atoms with Gasteiger partial charge in [-0.1, -0.05) is 12.1 Å². The van der Waals surface area contributed by atoms with Gasteiger partial charge in [0.1, 0.15) is 0 Å². The second kappa shape index (κ2) is 5.64. The predicted molar refractivity (Wildman–Crippen MR) is 109 cm³/mol. The Morgan fingerprint density at radius 2 is 1.89 bits per heavy atom. The van der Waals surface area contributed by atoms with Gasteiger partial charge in [0.25, 0.3) is 0 Å². The number of nitrogens with two attached hydrogens (primary N) is 1. The van der Waals surface area contributed by atoms with Crippen LogP contribution in [0.2, 0.25) is 0 Å². The Morgan fingerprint density at radius 3 is 2.81 bits per heavy atom. The third-order valence-electron chi connectivity index (χ3n) is 6.43. The minimum Gasteiger partial charge on any atom is -0.324 e. The maximum atomic E-state index is 6.34. The maximum absolute atomic E-state index is 6.34. The summed E-state index contributed by atoms with van der Waals surface area (Å²) in [7, 11) is 0. The van der Waals surface area contributed by atoms with Crippen LogP contribution in [0, 0.1) is 0 Å². The molecule has 4 aromatic rings. The lowest BCUT2D eigenvalue weighted by molar-refractivity contribution is 0.689. The first-order valence-electron chi connectivity index (χ1n) is 9.96. The van der Waals surface area contributed by atoms with Gasteiger partial charge in [0, 0.05) is 22.4 Å². The van der Waals surface area contributed by atoms with Gasteiger partial charge in [-0.2, -0.15) is 5.10 Å². The molecule has 0 spiro atoms.